The summed E-state index contributed by atoms with van der Waals surface area (Å²) >= 11 is 1.80. The number of thiophene rings is 1. The van der Waals surface area contributed by atoms with Gasteiger partial charge < -0.3 is 9.73 Å². The summed E-state index contributed by atoms with van der Waals surface area (Å²) in [5.74, 6) is 2.01. The van der Waals surface area contributed by atoms with Gasteiger partial charge in [-0.3, -0.25) is 4.90 Å². The van der Waals surface area contributed by atoms with Gasteiger partial charge in [0.2, 0.25) is 0 Å². The molecule has 1 unspecified atom stereocenters. The lowest BCUT2D eigenvalue weighted by Crippen LogP contribution is -2.37. The van der Waals surface area contributed by atoms with Crippen LogP contribution in [0.4, 0.5) is 0 Å². The van der Waals surface area contributed by atoms with Crippen molar-refractivity contribution in [3.05, 3.63) is 46.0 Å². The molecule has 2 heterocycles. The highest BCUT2D eigenvalue weighted by atomic mass is 32.1. The van der Waals surface area contributed by atoms with E-state index >= 15 is 0 Å². The van der Waals surface area contributed by atoms with Crippen molar-refractivity contribution in [2.24, 2.45) is 0 Å². The van der Waals surface area contributed by atoms with Crippen molar-refractivity contribution in [1.82, 2.24) is 10.2 Å². The number of rotatable bonds is 7. The zero-order chi connectivity index (χ0) is 13.7. The molecule has 0 amide bonds. The van der Waals surface area contributed by atoms with Gasteiger partial charge >= 0.3 is 0 Å². The van der Waals surface area contributed by atoms with E-state index in [-0.39, 0.29) is 0 Å². The highest BCUT2D eigenvalue weighted by molar-refractivity contribution is 7.09. The second kappa shape index (κ2) is 6.89. The number of nitrogens with zero attached hydrogens (tertiary/aromatic N) is 1. The lowest BCUT2D eigenvalue weighted by molar-refractivity contribution is 0.223. The van der Waals surface area contributed by atoms with Gasteiger partial charge in [0, 0.05) is 24.0 Å². The number of nitrogens with one attached hydrogen (secondary N) is 1. The molecule has 3 nitrogen and oxygen atoms in total. The van der Waals surface area contributed by atoms with E-state index in [0.717, 1.165) is 31.2 Å². The Balaban J connectivity index is 1.71. The summed E-state index contributed by atoms with van der Waals surface area (Å²) in [6, 6.07) is 8.81. The molecule has 0 saturated carbocycles. The molecule has 19 heavy (non-hydrogen) atoms. The Kier molecular flexibility index (Phi) is 5.19. The van der Waals surface area contributed by atoms with Crippen LogP contribution in [0.5, 0.6) is 0 Å². The average Bonchev–Trinajstić information content (AvgIpc) is 3.01. The Bertz CT molecular complexity index is 478. The zero-order valence-electron chi connectivity index (χ0n) is 11.8. The molecule has 0 aliphatic rings. The Morgan fingerprint density at radius 2 is 2.21 bits per heavy atom. The lowest BCUT2D eigenvalue weighted by Gasteiger charge is -2.24. The SMILES string of the molecule is Cc1ccc(CN(C)C(C)CNCc2cccs2)o1. The molecular formula is C15H22N2OS. The van der Waals surface area contributed by atoms with Gasteiger partial charge in [0.15, 0.2) is 0 Å². The number of likely N-dealkylation sites (N-methyl/N-ethyl adjacent to an activating group) is 1. The minimum absolute atomic E-state index is 0.477. The topological polar surface area (TPSA) is 28.4 Å². The molecule has 2 aromatic heterocycles. The fourth-order valence-corrected chi connectivity index (χ4v) is 2.62. The molecule has 1 atom stereocenters. The summed E-state index contributed by atoms with van der Waals surface area (Å²) in [6.45, 7) is 7.01. The Hall–Kier alpha value is -1.10. The quantitative estimate of drug-likeness (QED) is 0.842. The Morgan fingerprint density at radius 3 is 2.84 bits per heavy atom. The maximum Gasteiger partial charge on any atom is 0.118 e. The molecule has 0 aliphatic carbocycles. The summed E-state index contributed by atoms with van der Waals surface area (Å²) in [5, 5.41) is 5.61. The van der Waals surface area contributed by atoms with Crippen molar-refractivity contribution < 1.29 is 4.42 Å². The molecule has 0 radical (unpaired) electrons. The monoisotopic (exact) mass is 278 g/mol. The van der Waals surface area contributed by atoms with Crippen LogP contribution in [0.25, 0.3) is 0 Å². The third-order valence-electron chi connectivity index (χ3n) is 3.27. The van der Waals surface area contributed by atoms with Gasteiger partial charge in [-0.15, -0.1) is 11.3 Å². The zero-order valence-corrected chi connectivity index (χ0v) is 12.7. The molecule has 1 N–H and O–H groups in total. The number of hydrogen-bond acceptors (Lipinski definition) is 4. The molecule has 2 rings (SSSR count). The molecule has 4 heteroatoms. The molecule has 0 fully saturated rings. The van der Waals surface area contributed by atoms with Gasteiger partial charge in [-0.2, -0.15) is 0 Å². The van der Waals surface area contributed by atoms with Crippen LogP contribution in [0.3, 0.4) is 0 Å². The van der Waals surface area contributed by atoms with E-state index < -0.39 is 0 Å². The average molecular weight is 278 g/mol. The molecule has 2 aromatic rings. The van der Waals surface area contributed by atoms with Crippen molar-refractivity contribution >= 4 is 11.3 Å². The summed E-state index contributed by atoms with van der Waals surface area (Å²) in [5.41, 5.74) is 0. The largest absolute Gasteiger partial charge is 0.465 e. The fourth-order valence-electron chi connectivity index (χ4n) is 1.95. The van der Waals surface area contributed by atoms with Crippen molar-refractivity contribution in [3.8, 4) is 0 Å². The van der Waals surface area contributed by atoms with Gasteiger partial charge in [0.1, 0.15) is 11.5 Å². The number of hydrogen-bond donors (Lipinski definition) is 1. The van der Waals surface area contributed by atoms with Gasteiger partial charge in [0.05, 0.1) is 6.54 Å². The first kappa shape index (κ1) is 14.3. The summed E-state index contributed by atoms with van der Waals surface area (Å²) in [6.07, 6.45) is 0. The van der Waals surface area contributed by atoms with Gasteiger partial charge in [0.25, 0.3) is 0 Å². The van der Waals surface area contributed by atoms with Gasteiger partial charge in [-0.25, -0.2) is 0 Å². The van der Waals surface area contributed by atoms with Crippen LogP contribution < -0.4 is 5.32 Å². The molecule has 0 saturated heterocycles. The molecule has 0 aliphatic heterocycles. The summed E-state index contributed by atoms with van der Waals surface area (Å²) < 4.78 is 5.61. The summed E-state index contributed by atoms with van der Waals surface area (Å²) in [4.78, 5) is 3.69. The molecular weight excluding hydrogens is 256 g/mol. The van der Waals surface area contributed by atoms with E-state index in [9.17, 15) is 0 Å². The van der Waals surface area contributed by atoms with Crippen LogP contribution in [-0.2, 0) is 13.1 Å². The van der Waals surface area contributed by atoms with Gasteiger partial charge in [-0.1, -0.05) is 6.07 Å². The van der Waals surface area contributed by atoms with Crippen LogP contribution in [0.1, 0.15) is 23.3 Å². The van der Waals surface area contributed by atoms with Crippen LogP contribution in [0, 0.1) is 6.92 Å². The van der Waals surface area contributed by atoms with Crippen molar-refractivity contribution in [3.63, 3.8) is 0 Å². The molecule has 0 aromatic carbocycles. The first-order valence-electron chi connectivity index (χ1n) is 6.64. The maximum atomic E-state index is 5.61. The lowest BCUT2D eigenvalue weighted by atomic mass is 10.2. The Labute approximate surface area is 119 Å². The van der Waals surface area contributed by atoms with E-state index in [1.807, 2.05) is 13.0 Å². The first-order valence-corrected chi connectivity index (χ1v) is 7.52. The second-order valence-electron chi connectivity index (χ2n) is 4.99. The normalized spacial score (nSPS) is 13.1. The number of aryl methyl sites for hydroxylation is 1. The van der Waals surface area contributed by atoms with E-state index in [1.165, 1.54) is 4.88 Å². The van der Waals surface area contributed by atoms with Gasteiger partial charge in [-0.05, 0) is 44.5 Å². The predicted molar refractivity (Wildman–Crippen MR) is 80.4 cm³/mol. The Morgan fingerprint density at radius 1 is 1.37 bits per heavy atom. The molecule has 0 spiro atoms. The van der Waals surface area contributed by atoms with Crippen LogP contribution in [-0.4, -0.2) is 24.5 Å². The highest BCUT2D eigenvalue weighted by Crippen LogP contribution is 2.11. The first-order chi connectivity index (χ1) is 9.15. The summed E-state index contributed by atoms with van der Waals surface area (Å²) in [7, 11) is 2.13. The van der Waals surface area contributed by atoms with E-state index in [2.05, 4.69) is 47.8 Å². The maximum absolute atomic E-state index is 5.61. The minimum atomic E-state index is 0.477. The van der Waals surface area contributed by atoms with Crippen molar-refractivity contribution in [2.75, 3.05) is 13.6 Å². The van der Waals surface area contributed by atoms with Crippen LogP contribution in [0.2, 0.25) is 0 Å². The molecule has 104 valence electrons. The third kappa shape index (κ3) is 4.49. The third-order valence-corrected chi connectivity index (χ3v) is 4.15. The van der Waals surface area contributed by atoms with Crippen molar-refractivity contribution in [1.29, 1.82) is 0 Å². The van der Waals surface area contributed by atoms with Crippen molar-refractivity contribution in [2.45, 2.75) is 33.0 Å². The molecule has 0 bridgehead atoms. The predicted octanol–water partition coefficient (Wildman–Crippen LogP) is 3.26. The standard InChI is InChI=1S/C15H22N2OS/c1-12(9-16-10-15-5-4-8-19-15)17(3)11-14-7-6-13(2)18-14/h4-8,12,16H,9-11H2,1-3H3. The van der Waals surface area contributed by atoms with E-state index in [1.54, 1.807) is 11.3 Å². The van der Waals surface area contributed by atoms with E-state index in [0.29, 0.717) is 6.04 Å². The number of furan rings is 1. The minimum Gasteiger partial charge on any atom is -0.465 e. The van der Waals surface area contributed by atoms with E-state index in [4.69, 9.17) is 4.42 Å². The highest BCUT2D eigenvalue weighted by Gasteiger charge is 2.11. The van der Waals surface area contributed by atoms with Crippen LogP contribution >= 0.6 is 11.3 Å². The smallest absolute Gasteiger partial charge is 0.118 e. The van der Waals surface area contributed by atoms with Crippen LogP contribution in [0.15, 0.2) is 34.1 Å². The fraction of sp³-hybridized carbons (Fsp3) is 0.467. The second-order valence-corrected chi connectivity index (χ2v) is 6.02.